The highest BCUT2D eigenvalue weighted by atomic mass is 16.5. The lowest BCUT2D eigenvalue weighted by Crippen LogP contribution is -2.42. The number of carbonyl (C=O) groups is 2. The standard InChI is InChI=1S/C12H24N2O3/c1-5-7-14(9-11(15)17-4)12(16)10(3)8-13-6-2/h10,13H,5-9H2,1-4H3. The third-order valence-electron chi connectivity index (χ3n) is 2.47. The molecule has 0 heterocycles. The lowest BCUT2D eigenvalue weighted by molar-refractivity contribution is -0.148. The Morgan fingerprint density at radius 1 is 1.35 bits per heavy atom. The highest BCUT2D eigenvalue weighted by Gasteiger charge is 2.21. The zero-order chi connectivity index (χ0) is 13.3. The van der Waals surface area contributed by atoms with E-state index in [1.165, 1.54) is 7.11 Å². The quantitative estimate of drug-likeness (QED) is 0.637. The van der Waals surface area contributed by atoms with Crippen molar-refractivity contribution in [1.29, 1.82) is 0 Å². The number of rotatable bonds is 8. The van der Waals surface area contributed by atoms with Gasteiger partial charge in [-0.2, -0.15) is 0 Å². The maximum absolute atomic E-state index is 12.1. The highest BCUT2D eigenvalue weighted by molar-refractivity contribution is 5.83. The van der Waals surface area contributed by atoms with E-state index in [-0.39, 0.29) is 24.3 Å². The van der Waals surface area contributed by atoms with Crippen LogP contribution in [0, 0.1) is 5.92 Å². The monoisotopic (exact) mass is 244 g/mol. The number of hydrogen-bond acceptors (Lipinski definition) is 4. The Morgan fingerprint density at radius 3 is 2.47 bits per heavy atom. The molecule has 0 rings (SSSR count). The van der Waals surface area contributed by atoms with E-state index < -0.39 is 0 Å². The molecular weight excluding hydrogens is 220 g/mol. The van der Waals surface area contributed by atoms with Crippen molar-refractivity contribution in [2.75, 3.05) is 33.3 Å². The fourth-order valence-electron chi connectivity index (χ4n) is 1.52. The lowest BCUT2D eigenvalue weighted by Gasteiger charge is -2.24. The van der Waals surface area contributed by atoms with Crippen molar-refractivity contribution in [2.24, 2.45) is 5.92 Å². The Morgan fingerprint density at radius 2 is 2.00 bits per heavy atom. The van der Waals surface area contributed by atoms with E-state index in [2.05, 4.69) is 10.1 Å². The Labute approximate surface area is 103 Å². The van der Waals surface area contributed by atoms with Crippen LogP contribution in [0.1, 0.15) is 27.2 Å². The normalized spacial score (nSPS) is 12.0. The zero-order valence-corrected chi connectivity index (χ0v) is 11.3. The highest BCUT2D eigenvalue weighted by Crippen LogP contribution is 2.03. The number of amides is 1. The van der Waals surface area contributed by atoms with Gasteiger partial charge in [-0.25, -0.2) is 0 Å². The maximum Gasteiger partial charge on any atom is 0.325 e. The molecule has 1 amide bonds. The first-order valence-corrected chi connectivity index (χ1v) is 6.13. The molecule has 0 radical (unpaired) electrons. The number of ether oxygens (including phenoxy) is 1. The van der Waals surface area contributed by atoms with E-state index in [0.29, 0.717) is 13.1 Å². The van der Waals surface area contributed by atoms with E-state index >= 15 is 0 Å². The van der Waals surface area contributed by atoms with Crippen LogP contribution in [-0.4, -0.2) is 50.1 Å². The van der Waals surface area contributed by atoms with Gasteiger partial charge in [-0.3, -0.25) is 9.59 Å². The molecule has 0 aliphatic carbocycles. The minimum absolute atomic E-state index is 0.00167. The number of hydrogen-bond donors (Lipinski definition) is 1. The molecule has 17 heavy (non-hydrogen) atoms. The van der Waals surface area contributed by atoms with Crippen LogP contribution in [-0.2, 0) is 14.3 Å². The summed E-state index contributed by atoms with van der Waals surface area (Å²) in [5.41, 5.74) is 0. The minimum Gasteiger partial charge on any atom is -0.468 e. The molecule has 0 aliphatic heterocycles. The number of carbonyl (C=O) groups excluding carboxylic acids is 2. The van der Waals surface area contributed by atoms with Gasteiger partial charge in [0.25, 0.3) is 0 Å². The van der Waals surface area contributed by atoms with Crippen LogP contribution in [0.2, 0.25) is 0 Å². The molecule has 5 nitrogen and oxygen atoms in total. The molecule has 0 aliphatic rings. The van der Waals surface area contributed by atoms with E-state index in [0.717, 1.165) is 13.0 Å². The van der Waals surface area contributed by atoms with E-state index in [1.807, 2.05) is 20.8 Å². The molecular formula is C12H24N2O3. The average Bonchev–Trinajstić information content (AvgIpc) is 2.34. The van der Waals surface area contributed by atoms with Crippen molar-refractivity contribution in [1.82, 2.24) is 10.2 Å². The third kappa shape index (κ3) is 6.26. The summed E-state index contributed by atoms with van der Waals surface area (Å²) in [6.07, 6.45) is 0.830. The molecule has 5 heteroatoms. The number of esters is 1. The lowest BCUT2D eigenvalue weighted by atomic mass is 10.1. The largest absolute Gasteiger partial charge is 0.468 e. The summed E-state index contributed by atoms with van der Waals surface area (Å²) in [7, 11) is 1.33. The maximum atomic E-state index is 12.1. The first-order valence-electron chi connectivity index (χ1n) is 6.13. The summed E-state index contributed by atoms with van der Waals surface area (Å²) >= 11 is 0. The Balaban J connectivity index is 4.36. The van der Waals surface area contributed by atoms with Gasteiger partial charge in [0.2, 0.25) is 5.91 Å². The molecule has 0 saturated carbocycles. The summed E-state index contributed by atoms with van der Waals surface area (Å²) in [6, 6.07) is 0. The molecule has 0 bridgehead atoms. The number of methoxy groups -OCH3 is 1. The second-order valence-corrected chi connectivity index (χ2v) is 4.04. The molecule has 0 aromatic rings. The molecule has 0 fully saturated rings. The third-order valence-corrected chi connectivity index (χ3v) is 2.47. The van der Waals surface area contributed by atoms with Crippen LogP contribution >= 0.6 is 0 Å². The second-order valence-electron chi connectivity index (χ2n) is 4.04. The first-order chi connectivity index (χ1) is 8.06. The molecule has 1 N–H and O–H groups in total. The van der Waals surface area contributed by atoms with E-state index in [9.17, 15) is 9.59 Å². The fraction of sp³-hybridized carbons (Fsp3) is 0.833. The number of nitrogens with zero attached hydrogens (tertiary/aromatic N) is 1. The van der Waals surface area contributed by atoms with Gasteiger partial charge in [0.1, 0.15) is 6.54 Å². The van der Waals surface area contributed by atoms with Crippen LogP contribution in [0.5, 0.6) is 0 Å². The van der Waals surface area contributed by atoms with Crippen LogP contribution < -0.4 is 5.32 Å². The summed E-state index contributed by atoms with van der Waals surface area (Å²) in [6.45, 7) is 7.94. The molecule has 0 aromatic heterocycles. The Bertz CT molecular complexity index is 244. The Hall–Kier alpha value is -1.10. The summed E-state index contributed by atoms with van der Waals surface area (Å²) in [5, 5.41) is 3.13. The van der Waals surface area contributed by atoms with Gasteiger partial charge in [0.15, 0.2) is 0 Å². The van der Waals surface area contributed by atoms with Crippen molar-refractivity contribution in [3.05, 3.63) is 0 Å². The molecule has 1 unspecified atom stereocenters. The molecule has 0 aromatic carbocycles. The molecule has 0 saturated heterocycles. The van der Waals surface area contributed by atoms with Crippen LogP contribution in [0.3, 0.4) is 0 Å². The first kappa shape index (κ1) is 15.9. The minimum atomic E-state index is -0.373. The van der Waals surface area contributed by atoms with Crippen LogP contribution in [0.25, 0.3) is 0 Å². The summed E-state index contributed by atoms with van der Waals surface area (Å²) in [5.74, 6) is -0.494. The zero-order valence-electron chi connectivity index (χ0n) is 11.3. The molecule has 0 spiro atoms. The van der Waals surface area contributed by atoms with Crippen molar-refractivity contribution >= 4 is 11.9 Å². The van der Waals surface area contributed by atoms with Crippen molar-refractivity contribution < 1.29 is 14.3 Å². The van der Waals surface area contributed by atoms with Gasteiger partial charge in [-0.1, -0.05) is 20.8 Å². The average molecular weight is 244 g/mol. The van der Waals surface area contributed by atoms with Crippen molar-refractivity contribution in [3.8, 4) is 0 Å². The second kappa shape index (κ2) is 8.98. The van der Waals surface area contributed by atoms with Gasteiger partial charge in [0, 0.05) is 19.0 Å². The van der Waals surface area contributed by atoms with Gasteiger partial charge in [0.05, 0.1) is 7.11 Å². The van der Waals surface area contributed by atoms with Gasteiger partial charge >= 0.3 is 5.97 Å². The predicted molar refractivity (Wildman–Crippen MR) is 66.6 cm³/mol. The fourth-order valence-corrected chi connectivity index (χ4v) is 1.52. The predicted octanol–water partition coefficient (Wildman–Crippen LogP) is 0.644. The summed E-state index contributed by atoms with van der Waals surface area (Å²) in [4.78, 5) is 24.8. The van der Waals surface area contributed by atoms with Gasteiger partial charge < -0.3 is 15.0 Å². The van der Waals surface area contributed by atoms with Crippen LogP contribution in [0.15, 0.2) is 0 Å². The van der Waals surface area contributed by atoms with Gasteiger partial charge in [-0.05, 0) is 13.0 Å². The van der Waals surface area contributed by atoms with Crippen molar-refractivity contribution in [2.45, 2.75) is 27.2 Å². The molecule has 100 valence electrons. The molecule has 1 atom stereocenters. The summed E-state index contributed by atoms with van der Waals surface area (Å²) < 4.78 is 4.59. The van der Waals surface area contributed by atoms with E-state index in [1.54, 1.807) is 4.90 Å². The van der Waals surface area contributed by atoms with Gasteiger partial charge in [-0.15, -0.1) is 0 Å². The van der Waals surface area contributed by atoms with E-state index in [4.69, 9.17) is 0 Å². The van der Waals surface area contributed by atoms with Crippen LogP contribution in [0.4, 0.5) is 0 Å². The number of nitrogens with one attached hydrogen (secondary N) is 1. The SMILES string of the molecule is CCCN(CC(=O)OC)C(=O)C(C)CNCC. The van der Waals surface area contributed by atoms with Crippen molar-refractivity contribution in [3.63, 3.8) is 0 Å². The topological polar surface area (TPSA) is 58.6 Å². The Kier molecular flexibility index (Phi) is 8.40. The smallest absolute Gasteiger partial charge is 0.325 e.